The molecule has 0 aliphatic rings. The lowest BCUT2D eigenvalue weighted by Gasteiger charge is -2.05. The summed E-state index contributed by atoms with van der Waals surface area (Å²) < 4.78 is 5.07. The molecule has 1 heterocycles. The van der Waals surface area contributed by atoms with Gasteiger partial charge in [0, 0.05) is 0 Å². The Kier molecular flexibility index (Phi) is 3.51. The number of aldehydes is 1. The fraction of sp³-hybridized carbons (Fsp3) is 0.250. The van der Waals surface area contributed by atoms with Crippen molar-refractivity contribution in [2.45, 2.75) is 6.92 Å². The first-order valence-corrected chi connectivity index (χ1v) is 4.38. The van der Waals surface area contributed by atoms with E-state index in [-0.39, 0.29) is 21.5 Å². The monoisotopic (exact) mass is 219 g/mol. The van der Waals surface area contributed by atoms with Crippen LogP contribution in [0, 0.1) is 0 Å². The van der Waals surface area contributed by atoms with Crippen molar-refractivity contribution >= 4 is 29.5 Å². The van der Waals surface area contributed by atoms with Crippen molar-refractivity contribution < 1.29 is 9.53 Å². The lowest BCUT2D eigenvalue weighted by Crippen LogP contribution is -1.97. The van der Waals surface area contributed by atoms with E-state index >= 15 is 0 Å². The number of hydrogen-bond acceptors (Lipinski definition) is 3. The van der Waals surface area contributed by atoms with Gasteiger partial charge in [0.15, 0.2) is 6.29 Å². The standard InChI is InChI=1S/C8H7Cl2NO2/c1-2-13-8-7(10)5(4-12)6(9)3-11-8/h3-4H,2H2,1H3. The summed E-state index contributed by atoms with van der Waals surface area (Å²) in [5, 5.41) is 0.382. The molecular formula is C8H7Cl2NO2. The minimum atomic E-state index is 0.157. The Hall–Kier alpha value is -0.800. The lowest BCUT2D eigenvalue weighted by atomic mass is 10.3. The van der Waals surface area contributed by atoms with Crippen LogP contribution in [0.5, 0.6) is 5.88 Å². The molecule has 0 aliphatic carbocycles. The van der Waals surface area contributed by atoms with E-state index in [9.17, 15) is 4.79 Å². The van der Waals surface area contributed by atoms with Crippen LogP contribution < -0.4 is 4.74 Å². The Morgan fingerprint density at radius 2 is 2.31 bits per heavy atom. The van der Waals surface area contributed by atoms with Crippen molar-refractivity contribution in [3.63, 3.8) is 0 Å². The minimum Gasteiger partial charge on any atom is -0.477 e. The number of halogens is 2. The highest BCUT2D eigenvalue weighted by atomic mass is 35.5. The summed E-state index contributed by atoms with van der Waals surface area (Å²) in [7, 11) is 0. The second kappa shape index (κ2) is 4.44. The quantitative estimate of drug-likeness (QED) is 0.735. The first kappa shape index (κ1) is 10.3. The minimum absolute atomic E-state index is 0.157. The Morgan fingerprint density at radius 1 is 1.62 bits per heavy atom. The molecule has 0 aliphatic heterocycles. The third-order valence-electron chi connectivity index (χ3n) is 1.38. The summed E-state index contributed by atoms with van der Waals surface area (Å²) in [4.78, 5) is 14.4. The molecule has 0 aromatic carbocycles. The van der Waals surface area contributed by atoms with Crippen molar-refractivity contribution in [2.24, 2.45) is 0 Å². The summed E-state index contributed by atoms with van der Waals surface area (Å²) in [6.45, 7) is 2.24. The first-order chi connectivity index (χ1) is 6.20. The molecule has 0 unspecified atom stereocenters. The van der Waals surface area contributed by atoms with Crippen LogP contribution in [0.1, 0.15) is 17.3 Å². The molecule has 5 heteroatoms. The van der Waals surface area contributed by atoms with Crippen LogP contribution in [-0.4, -0.2) is 17.9 Å². The summed E-state index contributed by atoms with van der Waals surface area (Å²) in [6, 6.07) is 0. The molecule has 0 N–H and O–H groups in total. The van der Waals surface area contributed by atoms with Crippen LogP contribution in [0.25, 0.3) is 0 Å². The highest BCUT2D eigenvalue weighted by Crippen LogP contribution is 2.29. The fourth-order valence-electron chi connectivity index (χ4n) is 0.807. The zero-order valence-electron chi connectivity index (χ0n) is 6.88. The lowest BCUT2D eigenvalue weighted by molar-refractivity contribution is 0.112. The van der Waals surface area contributed by atoms with Gasteiger partial charge in [-0.25, -0.2) is 4.98 Å². The highest BCUT2D eigenvalue weighted by Gasteiger charge is 2.11. The van der Waals surface area contributed by atoms with E-state index in [4.69, 9.17) is 27.9 Å². The molecular weight excluding hydrogens is 213 g/mol. The predicted molar refractivity (Wildman–Crippen MR) is 50.8 cm³/mol. The number of carbonyl (C=O) groups excluding carboxylic acids is 1. The molecule has 0 amide bonds. The van der Waals surface area contributed by atoms with Crippen molar-refractivity contribution in [2.75, 3.05) is 6.61 Å². The van der Waals surface area contributed by atoms with Gasteiger partial charge in [-0.3, -0.25) is 4.79 Å². The zero-order valence-corrected chi connectivity index (χ0v) is 8.39. The molecule has 0 fully saturated rings. The van der Waals surface area contributed by atoms with E-state index < -0.39 is 0 Å². The largest absolute Gasteiger partial charge is 0.477 e. The number of pyridine rings is 1. The SMILES string of the molecule is CCOc1ncc(Cl)c(C=O)c1Cl. The Labute approximate surface area is 85.6 Å². The van der Waals surface area contributed by atoms with Crippen LogP contribution in [-0.2, 0) is 0 Å². The molecule has 70 valence electrons. The van der Waals surface area contributed by atoms with E-state index in [1.807, 2.05) is 0 Å². The maximum Gasteiger partial charge on any atom is 0.233 e. The van der Waals surface area contributed by atoms with Crippen LogP contribution >= 0.6 is 23.2 Å². The molecule has 0 bridgehead atoms. The number of ether oxygens (including phenoxy) is 1. The molecule has 3 nitrogen and oxygen atoms in total. The van der Waals surface area contributed by atoms with Gasteiger partial charge in [-0.05, 0) is 6.92 Å². The number of hydrogen-bond donors (Lipinski definition) is 0. The van der Waals surface area contributed by atoms with Gasteiger partial charge in [-0.2, -0.15) is 0 Å². The number of aromatic nitrogens is 1. The molecule has 0 atom stereocenters. The van der Waals surface area contributed by atoms with E-state index in [0.717, 1.165) is 0 Å². The van der Waals surface area contributed by atoms with Gasteiger partial charge in [-0.15, -0.1) is 0 Å². The summed E-state index contributed by atoms with van der Waals surface area (Å²) in [6.07, 6.45) is 1.91. The molecule has 0 spiro atoms. The van der Waals surface area contributed by atoms with E-state index in [0.29, 0.717) is 12.9 Å². The maximum atomic E-state index is 10.6. The molecule has 1 rings (SSSR count). The fourth-order valence-corrected chi connectivity index (χ4v) is 1.29. The average molecular weight is 220 g/mol. The van der Waals surface area contributed by atoms with Gasteiger partial charge in [0.1, 0.15) is 5.02 Å². The van der Waals surface area contributed by atoms with E-state index in [1.165, 1.54) is 6.20 Å². The van der Waals surface area contributed by atoms with Crippen molar-refractivity contribution in [3.8, 4) is 5.88 Å². The third-order valence-corrected chi connectivity index (χ3v) is 2.04. The zero-order chi connectivity index (χ0) is 9.84. The third kappa shape index (κ3) is 2.11. The Morgan fingerprint density at radius 3 is 2.85 bits per heavy atom. The molecule has 0 radical (unpaired) electrons. The number of rotatable bonds is 3. The molecule has 0 saturated heterocycles. The summed E-state index contributed by atoms with van der Waals surface area (Å²) in [5.41, 5.74) is 0.210. The van der Waals surface area contributed by atoms with Crippen LogP contribution in [0.4, 0.5) is 0 Å². The molecule has 0 saturated carbocycles. The molecule has 1 aromatic heterocycles. The second-order valence-electron chi connectivity index (χ2n) is 2.19. The Bertz CT molecular complexity index is 328. The van der Waals surface area contributed by atoms with E-state index in [1.54, 1.807) is 6.92 Å². The van der Waals surface area contributed by atoms with Crippen molar-refractivity contribution in [1.29, 1.82) is 0 Å². The highest BCUT2D eigenvalue weighted by molar-refractivity contribution is 6.39. The maximum absolute atomic E-state index is 10.6. The molecule has 13 heavy (non-hydrogen) atoms. The smallest absolute Gasteiger partial charge is 0.233 e. The average Bonchev–Trinajstić information content (AvgIpc) is 2.11. The van der Waals surface area contributed by atoms with Crippen LogP contribution in [0.2, 0.25) is 10.0 Å². The predicted octanol–water partition coefficient (Wildman–Crippen LogP) is 2.60. The van der Waals surface area contributed by atoms with Gasteiger partial charge in [0.2, 0.25) is 5.88 Å². The van der Waals surface area contributed by atoms with E-state index in [2.05, 4.69) is 4.98 Å². The summed E-state index contributed by atoms with van der Waals surface area (Å²) >= 11 is 11.5. The van der Waals surface area contributed by atoms with Gasteiger partial charge in [0.25, 0.3) is 0 Å². The van der Waals surface area contributed by atoms with Gasteiger partial charge < -0.3 is 4.74 Å². The Balaban J connectivity index is 3.19. The number of nitrogens with zero attached hydrogens (tertiary/aromatic N) is 1. The van der Waals surface area contributed by atoms with Gasteiger partial charge in [-0.1, -0.05) is 23.2 Å². The normalized spacial score (nSPS) is 9.77. The van der Waals surface area contributed by atoms with Crippen LogP contribution in [0.15, 0.2) is 6.20 Å². The second-order valence-corrected chi connectivity index (χ2v) is 2.97. The van der Waals surface area contributed by atoms with Crippen molar-refractivity contribution in [3.05, 3.63) is 21.8 Å². The van der Waals surface area contributed by atoms with Crippen LogP contribution in [0.3, 0.4) is 0 Å². The van der Waals surface area contributed by atoms with Gasteiger partial charge in [0.05, 0.1) is 23.4 Å². The van der Waals surface area contributed by atoms with Gasteiger partial charge >= 0.3 is 0 Å². The van der Waals surface area contributed by atoms with Crippen molar-refractivity contribution in [1.82, 2.24) is 4.98 Å². The topological polar surface area (TPSA) is 39.2 Å². The molecule has 1 aromatic rings. The number of carbonyl (C=O) groups is 1. The first-order valence-electron chi connectivity index (χ1n) is 3.62. The summed E-state index contributed by atoms with van der Waals surface area (Å²) in [5.74, 6) is 0.232.